The topological polar surface area (TPSA) is 53.1 Å². The van der Waals surface area contributed by atoms with E-state index in [0.717, 1.165) is 35.8 Å². The van der Waals surface area contributed by atoms with Gasteiger partial charge in [-0.1, -0.05) is 13.8 Å². The number of anilines is 1. The predicted molar refractivity (Wildman–Crippen MR) is 80.5 cm³/mol. The second-order valence-corrected chi connectivity index (χ2v) is 5.93. The Bertz CT molecular complexity index is 626. The van der Waals surface area contributed by atoms with Crippen molar-refractivity contribution < 1.29 is 4.74 Å². The van der Waals surface area contributed by atoms with E-state index in [-0.39, 0.29) is 5.41 Å². The maximum Gasteiger partial charge on any atom is 0.131 e. The van der Waals surface area contributed by atoms with Gasteiger partial charge in [0.1, 0.15) is 11.6 Å². The first-order chi connectivity index (χ1) is 9.53. The number of fused-ring (bicyclic) bond motifs is 1. The van der Waals surface area contributed by atoms with E-state index in [1.54, 1.807) is 0 Å². The van der Waals surface area contributed by atoms with E-state index in [2.05, 4.69) is 18.9 Å². The van der Waals surface area contributed by atoms with Crippen molar-refractivity contribution in [2.75, 3.05) is 12.3 Å². The van der Waals surface area contributed by atoms with Crippen molar-refractivity contribution in [1.82, 2.24) is 9.78 Å². The first-order valence-corrected chi connectivity index (χ1v) is 7.14. The average Bonchev–Trinajstić information content (AvgIpc) is 2.90. The molecule has 106 valence electrons. The summed E-state index contributed by atoms with van der Waals surface area (Å²) < 4.78 is 7.31. The zero-order valence-corrected chi connectivity index (χ0v) is 12.3. The van der Waals surface area contributed by atoms with Crippen LogP contribution in [0, 0.1) is 0 Å². The molecule has 0 bridgehead atoms. The van der Waals surface area contributed by atoms with E-state index in [1.807, 2.05) is 35.9 Å². The highest BCUT2D eigenvalue weighted by atomic mass is 16.5. The highest BCUT2D eigenvalue weighted by Gasteiger charge is 2.35. The minimum absolute atomic E-state index is 0.128. The molecule has 0 aliphatic heterocycles. The summed E-state index contributed by atoms with van der Waals surface area (Å²) in [5.74, 6) is 1.64. The Hall–Kier alpha value is -1.97. The zero-order chi connectivity index (χ0) is 14.3. The van der Waals surface area contributed by atoms with E-state index in [1.165, 1.54) is 5.56 Å². The number of nitrogens with zero attached hydrogens (tertiary/aromatic N) is 2. The molecule has 20 heavy (non-hydrogen) atoms. The normalized spacial score (nSPS) is 16.1. The first kappa shape index (κ1) is 13.0. The summed E-state index contributed by atoms with van der Waals surface area (Å²) in [6.45, 7) is 7.12. The number of nitrogen functional groups attached to an aromatic ring is 1. The molecular weight excluding hydrogens is 250 g/mol. The Morgan fingerprint density at radius 1 is 1.30 bits per heavy atom. The van der Waals surface area contributed by atoms with Gasteiger partial charge in [-0.25, -0.2) is 4.68 Å². The summed E-state index contributed by atoms with van der Waals surface area (Å²) in [4.78, 5) is 0. The van der Waals surface area contributed by atoms with Gasteiger partial charge >= 0.3 is 0 Å². The van der Waals surface area contributed by atoms with Crippen LogP contribution in [0.4, 0.5) is 5.82 Å². The van der Waals surface area contributed by atoms with Crippen LogP contribution in [-0.4, -0.2) is 16.4 Å². The Morgan fingerprint density at radius 2 is 2.00 bits per heavy atom. The highest BCUT2D eigenvalue weighted by Crippen LogP contribution is 2.42. The molecule has 1 aromatic carbocycles. The van der Waals surface area contributed by atoms with Crippen molar-refractivity contribution in [3.63, 3.8) is 0 Å². The molecule has 3 rings (SSSR count). The summed E-state index contributed by atoms with van der Waals surface area (Å²) in [6, 6.07) is 7.90. The molecule has 0 spiro atoms. The molecule has 0 saturated heterocycles. The molecule has 1 aliphatic rings. The molecule has 2 aromatic rings. The summed E-state index contributed by atoms with van der Waals surface area (Å²) >= 11 is 0. The molecule has 0 radical (unpaired) electrons. The lowest BCUT2D eigenvalue weighted by Crippen LogP contribution is -2.15. The molecule has 0 unspecified atom stereocenters. The summed E-state index contributed by atoms with van der Waals surface area (Å²) in [5.41, 5.74) is 9.79. The lowest BCUT2D eigenvalue weighted by Gasteiger charge is -2.18. The molecule has 4 nitrogen and oxygen atoms in total. The van der Waals surface area contributed by atoms with Gasteiger partial charge in [-0.15, -0.1) is 0 Å². The summed E-state index contributed by atoms with van der Waals surface area (Å²) in [6.07, 6.45) is 2.13. The fraction of sp³-hybridized carbons (Fsp3) is 0.438. The number of ether oxygens (including phenoxy) is 1. The fourth-order valence-electron chi connectivity index (χ4n) is 2.99. The smallest absolute Gasteiger partial charge is 0.131 e. The fourth-order valence-corrected chi connectivity index (χ4v) is 2.99. The lowest BCUT2D eigenvalue weighted by molar-refractivity contribution is 0.340. The van der Waals surface area contributed by atoms with Gasteiger partial charge in [0, 0.05) is 5.56 Å². The van der Waals surface area contributed by atoms with Gasteiger partial charge in [0.2, 0.25) is 0 Å². The van der Waals surface area contributed by atoms with Crippen LogP contribution in [0.3, 0.4) is 0 Å². The van der Waals surface area contributed by atoms with E-state index in [0.29, 0.717) is 6.61 Å². The molecule has 1 aromatic heterocycles. The minimum Gasteiger partial charge on any atom is -0.494 e. The molecule has 0 atom stereocenters. The van der Waals surface area contributed by atoms with Crippen LogP contribution in [0.2, 0.25) is 0 Å². The van der Waals surface area contributed by atoms with E-state index in [9.17, 15) is 0 Å². The van der Waals surface area contributed by atoms with E-state index in [4.69, 9.17) is 10.5 Å². The molecule has 0 amide bonds. The number of hydrogen-bond donors (Lipinski definition) is 1. The number of nitrogens with two attached hydrogens (primary N) is 1. The lowest BCUT2D eigenvalue weighted by atomic mass is 9.87. The van der Waals surface area contributed by atoms with Crippen molar-refractivity contribution in [3.8, 4) is 11.4 Å². The highest BCUT2D eigenvalue weighted by molar-refractivity contribution is 5.55. The Kier molecular flexibility index (Phi) is 2.96. The van der Waals surface area contributed by atoms with Gasteiger partial charge in [-0.05, 0) is 49.4 Å². The van der Waals surface area contributed by atoms with Gasteiger partial charge in [0.05, 0.1) is 18.0 Å². The second-order valence-electron chi connectivity index (χ2n) is 5.93. The van der Waals surface area contributed by atoms with Crippen molar-refractivity contribution in [2.45, 2.75) is 39.0 Å². The zero-order valence-electron chi connectivity index (χ0n) is 12.3. The number of aryl methyl sites for hydroxylation is 1. The molecule has 0 fully saturated rings. The Morgan fingerprint density at radius 3 is 2.60 bits per heavy atom. The predicted octanol–water partition coefficient (Wildman–Crippen LogP) is 3.08. The monoisotopic (exact) mass is 271 g/mol. The molecule has 1 heterocycles. The van der Waals surface area contributed by atoms with Gasteiger partial charge in [-0.2, -0.15) is 5.10 Å². The maximum absolute atomic E-state index is 6.33. The van der Waals surface area contributed by atoms with Crippen molar-refractivity contribution in [3.05, 3.63) is 35.5 Å². The third-order valence-electron chi connectivity index (χ3n) is 4.05. The van der Waals surface area contributed by atoms with Crippen LogP contribution in [0.1, 0.15) is 38.4 Å². The third kappa shape index (κ3) is 1.96. The van der Waals surface area contributed by atoms with E-state index >= 15 is 0 Å². The largest absolute Gasteiger partial charge is 0.494 e. The van der Waals surface area contributed by atoms with Crippen LogP contribution in [-0.2, 0) is 11.8 Å². The number of benzene rings is 1. The quantitative estimate of drug-likeness (QED) is 0.933. The van der Waals surface area contributed by atoms with Crippen LogP contribution >= 0.6 is 0 Å². The maximum atomic E-state index is 6.33. The van der Waals surface area contributed by atoms with Crippen LogP contribution in [0.5, 0.6) is 5.75 Å². The average molecular weight is 271 g/mol. The van der Waals surface area contributed by atoms with Crippen molar-refractivity contribution >= 4 is 5.82 Å². The first-order valence-electron chi connectivity index (χ1n) is 7.14. The summed E-state index contributed by atoms with van der Waals surface area (Å²) in [5, 5.41) is 4.68. The standard InChI is InChI=1S/C16H21N3O/c1-4-20-12-7-5-11(6-8-12)19-15(17)14-13(18-19)9-10-16(14,2)3/h5-8H,4,9-10,17H2,1-3H3. The third-order valence-corrected chi connectivity index (χ3v) is 4.05. The van der Waals surface area contributed by atoms with Crippen LogP contribution in [0.25, 0.3) is 5.69 Å². The number of rotatable bonds is 3. The van der Waals surface area contributed by atoms with Crippen molar-refractivity contribution in [1.29, 1.82) is 0 Å². The Labute approximate surface area is 119 Å². The molecule has 4 heteroatoms. The van der Waals surface area contributed by atoms with Gasteiger partial charge in [0.15, 0.2) is 0 Å². The van der Waals surface area contributed by atoms with E-state index < -0.39 is 0 Å². The molecule has 1 aliphatic carbocycles. The van der Waals surface area contributed by atoms with Gasteiger partial charge < -0.3 is 10.5 Å². The minimum atomic E-state index is 0.128. The van der Waals surface area contributed by atoms with Gasteiger partial charge in [0.25, 0.3) is 0 Å². The van der Waals surface area contributed by atoms with Crippen LogP contribution in [0.15, 0.2) is 24.3 Å². The van der Waals surface area contributed by atoms with Gasteiger partial charge in [-0.3, -0.25) is 0 Å². The molecule has 2 N–H and O–H groups in total. The van der Waals surface area contributed by atoms with Crippen molar-refractivity contribution in [2.24, 2.45) is 0 Å². The second kappa shape index (κ2) is 4.54. The SMILES string of the molecule is CCOc1ccc(-n2nc3c(c2N)C(C)(C)CC3)cc1. The number of aromatic nitrogens is 2. The molecule has 0 saturated carbocycles. The number of hydrogen-bond acceptors (Lipinski definition) is 3. The Balaban J connectivity index is 2.00. The summed E-state index contributed by atoms with van der Waals surface area (Å²) in [7, 11) is 0. The van der Waals surface area contributed by atoms with Crippen LogP contribution < -0.4 is 10.5 Å². The molecular formula is C16H21N3O.